The van der Waals surface area contributed by atoms with E-state index < -0.39 is 30.1 Å². The Morgan fingerprint density at radius 1 is 1.26 bits per heavy atom. The SMILES string of the molecule is C=CCOC(C)C(=O)OC(C)C(=O)NC(=O)NCC. The zero-order valence-corrected chi connectivity index (χ0v) is 11.4. The Morgan fingerprint density at radius 2 is 1.89 bits per heavy atom. The third-order valence-corrected chi connectivity index (χ3v) is 2.03. The first-order valence-electron chi connectivity index (χ1n) is 5.94. The van der Waals surface area contributed by atoms with Crippen LogP contribution in [0.5, 0.6) is 0 Å². The summed E-state index contributed by atoms with van der Waals surface area (Å²) in [6.45, 7) is 8.62. The first-order chi connectivity index (χ1) is 8.92. The molecule has 0 aromatic heterocycles. The Kier molecular flexibility index (Phi) is 8.19. The Balaban J connectivity index is 4.17. The summed E-state index contributed by atoms with van der Waals surface area (Å²) in [6.07, 6.45) is -0.391. The summed E-state index contributed by atoms with van der Waals surface area (Å²) >= 11 is 0. The summed E-state index contributed by atoms with van der Waals surface area (Å²) < 4.78 is 9.91. The van der Waals surface area contributed by atoms with Crippen molar-refractivity contribution in [1.82, 2.24) is 10.6 Å². The van der Waals surface area contributed by atoms with Crippen LogP contribution in [0.3, 0.4) is 0 Å². The molecule has 0 bridgehead atoms. The molecular formula is C12H20N2O5. The number of ether oxygens (including phenoxy) is 2. The monoisotopic (exact) mass is 272 g/mol. The number of carbonyl (C=O) groups excluding carboxylic acids is 3. The molecule has 0 aromatic carbocycles. The number of hydrogen-bond acceptors (Lipinski definition) is 5. The fourth-order valence-corrected chi connectivity index (χ4v) is 1.02. The third-order valence-electron chi connectivity index (χ3n) is 2.03. The lowest BCUT2D eigenvalue weighted by Gasteiger charge is -2.16. The van der Waals surface area contributed by atoms with Gasteiger partial charge in [0.1, 0.15) is 0 Å². The summed E-state index contributed by atoms with van der Waals surface area (Å²) in [4.78, 5) is 34.1. The lowest BCUT2D eigenvalue weighted by atomic mass is 10.3. The predicted octanol–water partition coefficient (Wildman–Crippen LogP) is 0.355. The Hall–Kier alpha value is -1.89. The largest absolute Gasteiger partial charge is 0.451 e. The molecule has 0 saturated heterocycles. The minimum Gasteiger partial charge on any atom is -0.451 e. The van der Waals surface area contributed by atoms with Gasteiger partial charge in [-0.3, -0.25) is 10.1 Å². The van der Waals surface area contributed by atoms with E-state index in [2.05, 4.69) is 11.9 Å². The van der Waals surface area contributed by atoms with Gasteiger partial charge in [-0.25, -0.2) is 9.59 Å². The van der Waals surface area contributed by atoms with Crippen molar-refractivity contribution in [1.29, 1.82) is 0 Å². The van der Waals surface area contributed by atoms with Crippen LogP contribution in [-0.4, -0.2) is 43.3 Å². The van der Waals surface area contributed by atoms with E-state index in [0.717, 1.165) is 0 Å². The van der Waals surface area contributed by atoms with E-state index in [1.54, 1.807) is 6.92 Å². The van der Waals surface area contributed by atoms with E-state index in [1.165, 1.54) is 19.9 Å². The maximum atomic E-state index is 11.5. The Labute approximate surface area is 112 Å². The number of rotatable bonds is 7. The van der Waals surface area contributed by atoms with E-state index >= 15 is 0 Å². The van der Waals surface area contributed by atoms with E-state index in [0.29, 0.717) is 6.54 Å². The van der Waals surface area contributed by atoms with Gasteiger partial charge in [0.15, 0.2) is 12.2 Å². The highest BCUT2D eigenvalue weighted by molar-refractivity contribution is 5.97. The van der Waals surface area contributed by atoms with Gasteiger partial charge in [0, 0.05) is 6.54 Å². The average molecular weight is 272 g/mol. The zero-order chi connectivity index (χ0) is 14.8. The normalized spacial score (nSPS) is 13.0. The summed E-state index contributed by atoms with van der Waals surface area (Å²) in [5.74, 6) is -1.38. The fraction of sp³-hybridized carbons (Fsp3) is 0.583. The summed E-state index contributed by atoms with van der Waals surface area (Å²) in [5.41, 5.74) is 0. The number of hydrogen-bond donors (Lipinski definition) is 2. The first kappa shape index (κ1) is 17.1. The number of nitrogens with one attached hydrogen (secondary N) is 2. The van der Waals surface area contributed by atoms with Crippen molar-refractivity contribution in [3.05, 3.63) is 12.7 Å². The van der Waals surface area contributed by atoms with Crippen molar-refractivity contribution >= 4 is 17.9 Å². The van der Waals surface area contributed by atoms with Crippen LogP contribution >= 0.6 is 0 Å². The van der Waals surface area contributed by atoms with Gasteiger partial charge in [0.2, 0.25) is 0 Å². The van der Waals surface area contributed by atoms with E-state index in [1.807, 2.05) is 5.32 Å². The van der Waals surface area contributed by atoms with Crippen molar-refractivity contribution in [2.75, 3.05) is 13.2 Å². The van der Waals surface area contributed by atoms with Crippen LogP contribution < -0.4 is 10.6 Å². The molecule has 0 spiro atoms. The van der Waals surface area contributed by atoms with Gasteiger partial charge in [-0.2, -0.15) is 0 Å². The van der Waals surface area contributed by atoms with Crippen molar-refractivity contribution < 1.29 is 23.9 Å². The molecule has 0 saturated carbocycles. The molecule has 0 aliphatic carbocycles. The molecule has 0 aliphatic rings. The van der Waals surface area contributed by atoms with Crippen LogP contribution in [0.15, 0.2) is 12.7 Å². The predicted molar refractivity (Wildman–Crippen MR) is 68.4 cm³/mol. The smallest absolute Gasteiger partial charge is 0.335 e. The number of carbonyl (C=O) groups is 3. The van der Waals surface area contributed by atoms with Crippen molar-refractivity contribution in [3.8, 4) is 0 Å². The minimum absolute atomic E-state index is 0.204. The van der Waals surface area contributed by atoms with Crippen molar-refractivity contribution in [2.24, 2.45) is 0 Å². The number of esters is 1. The molecule has 0 aromatic rings. The van der Waals surface area contributed by atoms with Crippen LogP contribution in [0.4, 0.5) is 4.79 Å². The van der Waals surface area contributed by atoms with Gasteiger partial charge in [-0.15, -0.1) is 6.58 Å². The molecular weight excluding hydrogens is 252 g/mol. The van der Waals surface area contributed by atoms with Gasteiger partial charge in [0.25, 0.3) is 5.91 Å². The number of urea groups is 1. The maximum Gasteiger partial charge on any atom is 0.335 e. The zero-order valence-electron chi connectivity index (χ0n) is 11.4. The molecule has 0 fully saturated rings. The minimum atomic E-state index is -1.08. The van der Waals surface area contributed by atoms with Crippen molar-refractivity contribution in [3.63, 3.8) is 0 Å². The van der Waals surface area contributed by atoms with Crippen LogP contribution in [0, 0.1) is 0 Å². The highest BCUT2D eigenvalue weighted by Gasteiger charge is 2.23. The lowest BCUT2D eigenvalue weighted by molar-refractivity contribution is -0.164. The molecule has 0 radical (unpaired) electrons. The van der Waals surface area contributed by atoms with Crippen molar-refractivity contribution in [2.45, 2.75) is 33.0 Å². The molecule has 108 valence electrons. The van der Waals surface area contributed by atoms with Crippen LogP contribution in [0.2, 0.25) is 0 Å². The molecule has 19 heavy (non-hydrogen) atoms. The standard InChI is InChI=1S/C12H20N2O5/c1-5-7-18-9(4)11(16)19-8(3)10(15)14-12(17)13-6-2/h5,8-9H,1,6-7H2,2-4H3,(H2,13,14,15,17). The lowest BCUT2D eigenvalue weighted by Crippen LogP contribution is -2.45. The molecule has 2 atom stereocenters. The second kappa shape index (κ2) is 9.09. The summed E-state index contributed by atoms with van der Waals surface area (Å²) in [6, 6.07) is -0.633. The maximum absolute atomic E-state index is 11.5. The van der Waals surface area contributed by atoms with Gasteiger partial charge in [0.05, 0.1) is 6.61 Å². The molecule has 2 unspecified atom stereocenters. The molecule has 3 amide bonds. The van der Waals surface area contributed by atoms with Gasteiger partial charge < -0.3 is 14.8 Å². The highest BCUT2D eigenvalue weighted by Crippen LogP contribution is 1.99. The average Bonchev–Trinajstić information content (AvgIpc) is 2.35. The van der Waals surface area contributed by atoms with Crippen LogP contribution in [0.1, 0.15) is 20.8 Å². The Bertz CT molecular complexity index is 343. The molecule has 0 heterocycles. The topological polar surface area (TPSA) is 93.7 Å². The third kappa shape index (κ3) is 7.20. The van der Waals surface area contributed by atoms with E-state index in [-0.39, 0.29) is 6.61 Å². The fourth-order valence-electron chi connectivity index (χ4n) is 1.02. The number of amides is 3. The van der Waals surface area contributed by atoms with Crippen LogP contribution in [0.25, 0.3) is 0 Å². The second-order valence-corrected chi connectivity index (χ2v) is 3.69. The quantitative estimate of drug-likeness (QED) is 0.515. The summed E-state index contributed by atoms with van der Waals surface area (Å²) in [5, 5.41) is 4.43. The number of imide groups is 1. The Morgan fingerprint density at radius 3 is 2.42 bits per heavy atom. The molecule has 7 heteroatoms. The second-order valence-electron chi connectivity index (χ2n) is 3.69. The molecule has 0 aliphatic heterocycles. The van der Waals surface area contributed by atoms with E-state index in [4.69, 9.17) is 9.47 Å². The van der Waals surface area contributed by atoms with Gasteiger partial charge >= 0.3 is 12.0 Å². The molecule has 2 N–H and O–H groups in total. The highest BCUT2D eigenvalue weighted by atomic mass is 16.6. The summed E-state index contributed by atoms with van der Waals surface area (Å²) in [7, 11) is 0. The molecule has 0 rings (SSSR count). The van der Waals surface area contributed by atoms with Gasteiger partial charge in [-0.05, 0) is 20.8 Å². The molecule has 7 nitrogen and oxygen atoms in total. The first-order valence-corrected chi connectivity index (χ1v) is 5.94. The van der Waals surface area contributed by atoms with Crippen LogP contribution in [-0.2, 0) is 19.1 Å². The van der Waals surface area contributed by atoms with Gasteiger partial charge in [-0.1, -0.05) is 6.08 Å². The van der Waals surface area contributed by atoms with E-state index in [9.17, 15) is 14.4 Å².